The predicted molar refractivity (Wildman–Crippen MR) is 87.0 cm³/mol. The maximum Gasteiger partial charge on any atom is 0.345 e. The number of carboxylic acids is 1. The molecule has 5 nitrogen and oxygen atoms in total. The number of methoxy groups -OCH3 is 1. The molecule has 0 bridgehead atoms. The molecule has 1 aliphatic rings. The molecule has 0 saturated heterocycles. The number of amides is 1. The molecule has 1 heterocycles. The van der Waals surface area contributed by atoms with Crippen molar-refractivity contribution >= 4 is 23.2 Å². The lowest BCUT2D eigenvalue weighted by molar-refractivity contribution is -0.123. The fourth-order valence-corrected chi connectivity index (χ4v) is 3.49. The van der Waals surface area contributed by atoms with E-state index in [1.54, 1.807) is 19.2 Å². The quantitative estimate of drug-likeness (QED) is 0.853. The van der Waals surface area contributed by atoms with E-state index in [0.29, 0.717) is 6.54 Å². The van der Waals surface area contributed by atoms with Crippen LogP contribution in [0, 0.1) is 0 Å². The Morgan fingerprint density at radius 2 is 2.00 bits per heavy atom. The maximum atomic E-state index is 12.6. The van der Waals surface area contributed by atoms with Crippen LogP contribution >= 0.6 is 11.3 Å². The standard InChI is InChI=1S/C17H17NO4S/c1-22-13-5-3-2-4-12(13)17(8-9-17)16(21)18-10-11-6-7-14(23-11)15(19)20/h2-7H,8-10H2,1H3,(H,18,21)(H,19,20). The minimum atomic E-state index is -0.944. The largest absolute Gasteiger partial charge is 0.496 e. The van der Waals surface area contributed by atoms with Gasteiger partial charge >= 0.3 is 5.97 Å². The van der Waals surface area contributed by atoms with Gasteiger partial charge in [0.2, 0.25) is 5.91 Å². The van der Waals surface area contributed by atoms with E-state index < -0.39 is 11.4 Å². The first-order chi connectivity index (χ1) is 11.1. The normalized spacial score (nSPS) is 15.0. The SMILES string of the molecule is COc1ccccc1C1(C(=O)NCc2ccc(C(=O)O)s2)CC1. The highest BCUT2D eigenvalue weighted by atomic mass is 32.1. The summed E-state index contributed by atoms with van der Waals surface area (Å²) < 4.78 is 5.37. The van der Waals surface area contributed by atoms with Gasteiger partial charge in [0, 0.05) is 10.4 Å². The lowest BCUT2D eigenvalue weighted by Gasteiger charge is -2.18. The number of rotatable bonds is 6. The molecule has 1 aliphatic carbocycles. The number of thiophene rings is 1. The highest BCUT2D eigenvalue weighted by Crippen LogP contribution is 2.51. The lowest BCUT2D eigenvalue weighted by Crippen LogP contribution is -2.34. The Morgan fingerprint density at radius 1 is 1.26 bits per heavy atom. The number of hydrogen-bond acceptors (Lipinski definition) is 4. The zero-order valence-electron chi connectivity index (χ0n) is 12.7. The van der Waals surface area contributed by atoms with Gasteiger partial charge in [0.25, 0.3) is 0 Å². The molecule has 0 unspecified atom stereocenters. The van der Waals surface area contributed by atoms with Crippen molar-refractivity contribution in [2.45, 2.75) is 24.8 Å². The average Bonchev–Trinajstić information content (AvgIpc) is 3.23. The molecule has 1 saturated carbocycles. The molecule has 1 aromatic carbocycles. The van der Waals surface area contributed by atoms with Crippen LogP contribution in [0.5, 0.6) is 5.75 Å². The van der Waals surface area contributed by atoms with Crippen molar-refractivity contribution in [1.82, 2.24) is 5.32 Å². The second-order valence-corrected chi connectivity index (χ2v) is 6.70. The van der Waals surface area contributed by atoms with Crippen LogP contribution in [0.1, 0.15) is 33.0 Å². The van der Waals surface area contributed by atoms with Gasteiger partial charge in [-0.25, -0.2) is 4.79 Å². The van der Waals surface area contributed by atoms with Crippen LogP contribution in [0.3, 0.4) is 0 Å². The summed E-state index contributed by atoms with van der Waals surface area (Å²) in [6.45, 7) is 0.341. The molecule has 2 N–H and O–H groups in total. The highest BCUT2D eigenvalue weighted by molar-refractivity contribution is 7.13. The third-order valence-corrected chi connectivity index (χ3v) is 5.18. The Bertz CT molecular complexity index is 749. The van der Waals surface area contributed by atoms with Gasteiger partial charge in [0.15, 0.2) is 0 Å². The van der Waals surface area contributed by atoms with Gasteiger partial charge in [0.05, 0.1) is 19.1 Å². The molecule has 1 fully saturated rings. The monoisotopic (exact) mass is 331 g/mol. The van der Waals surface area contributed by atoms with Crippen molar-refractivity contribution in [3.63, 3.8) is 0 Å². The first kappa shape index (κ1) is 15.6. The molecule has 0 spiro atoms. The van der Waals surface area contributed by atoms with Crippen molar-refractivity contribution in [2.24, 2.45) is 0 Å². The van der Waals surface area contributed by atoms with E-state index in [1.165, 1.54) is 11.3 Å². The van der Waals surface area contributed by atoms with Gasteiger partial charge in [-0.3, -0.25) is 4.79 Å². The second-order valence-electron chi connectivity index (χ2n) is 5.54. The molecule has 0 radical (unpaired) electrons. The molecule has 6 heteroatoms. The number of aromatic carboxylic acids is 1. The number of para-hydroxylation sites is 1. The Labute approximate surface area is 137 Å². The van der Waals surface area contributed by atoms with Gasteiger partial charge < -0.3 is 15.2 Å². The maximum absolute atomic E-state index is 12.6. The molecule has 120 valence electrons. The minimum Gasteiger partial charge on any atom is -0.496 e. The summed E-state index contributed by atoms with van der Waals surface area (Å²) in [5, 5.41) is 11.9. The summed E-state index contributed by atoms with van der Waals surface area (Å²) in [7, 11) is 1.60. The van der Waals surface area contributed by atoms with E-state index in [2.05, 4.69) is 5.32 Å². The fraction of sp³-hybridized carbons (Fsp3) is 0.294. The summed E-state index contributed by atoms with van der Waals surface area (Å²) in [4.78, 5) is 24.6. The summed E-state index contributed by atoms with van der Waals surface area (Å²) in [5.41, 5.74) is 0.400. The average molecular weight is 331 g/mol. The third kappa shape index (κ3) is 2.94. The van der Waals surface area contributed by atoms with Gasteiger partial charge in [-0.05, 0) is 31.0 Å². The minimum absolute atomic E-state index is 0.0349. The smallest absolute Gasteiger partial charge is 0.345 e. The number of carbonyl (C=O) groups is 2. The van der Waals surface area contributed by atoms with Gasteiger partial charge in [-0.2, -0.15) is 0 Å². The topological polar surface area (TPSA) is 75.6 Å². The van der Waals surface area contributed by atoms with Gasteiger partial charge in [-0.15, -0.1) is 11.3 Å². The number of carbonyl (C=O) groups excluding carboxylic acids is 1. The number of hydrogen-bond donors (Lipinski definition) is 2. The van der Waals surface area contributed by atoms with Crippen molar-refractivity contribution in [2.75, 3.05) is 7.11 Å². The van der Waals surface area contributed by atoms with E-state index in [1.807, 2.05) is 24.3 Å². The second kappa shape index (κ2) is 6.04. The Morgan fingerprint density at radius 3 is 2.61 bits per heavy atom. The van der Waals surface area contributed by atoms with E-state index in [9.17, 15) is 9.59 Å². The number of benzene rings is 1. The predicted octanol–water partition coefficient (Wildman–Crippen LogP) is 2.80. The Hall–Kier alpha value is -2.34. The first-order valence-electron chi connectivity index (χ1n) is 7.30. The molecular weight excluding hydrogens is 314 g/mol. The summed E-state index contributed by atoms with van der Waals surface area (Å²) >= 11 is 1.18. The van der Waals surface area contributed by atoms with Crippen LogP contribution in [-0.4, -0.2) is 24.1 Å². The van der Waals surface area contributed by atoms with Crippen molar-refractivity contribution in [1.29, 1.82) is 0 Å². The fourth-order valence-electron chi connectivity index (χ4n) is 2.71. The summed E-state index contributed by atoms with van der Waals surface area (Å²) in [6, 6.07) is 10.9. The molecule has 2 aromatic rings. The zero-order chi connectivity index (χ0) is 16.4. The number of nitrogens with one attached hydrogen (secondary N) is 1. The van der Waals surface area contributed by atoms with Crippen molar-refractivity contribution in [3.8, 4) is 5.75 Å². The van der Waals surface area contributed by atoms with Crippen LogP contribution in [0.4, 0.5) is 0 Å². The third-order valence-electron chi connectivity index (χ3n) is 4.10. The van der Waals surface area contributed by atoms with Crippen LogP contribution in [-0.2, 0) is 16.8 Å². The van der Waals surface area contributed by atoms with E-state index in [0.717, 1.165) is 29.0 Å². The first-order valence-corrected chi connectivity index (χ1v) is 8.12. The molecule has 23 heavy (non-hydrogen) atoms. The Balaban J connectivity index is 1.71. The van der Waals surface area contributed by atoms with Crippen LogP contribution in [0.15, 0.2) is 36.4 Å². The van der Waals surface area contributed by atoms with Crippen molar-refractivity contribution < 1.29 is 19.4 Å². The molecular formula is C17H17NO4S. The molecule has 0 aliphatic heterocycles. The van der Waals surface area contributed by atoms with Crippen LogP contribution in [0.25, 0.3) is 0 Å². The van der Waals surface area contributed by atoms with Crippen LogP contribution in [0.2, 0.25) is 0 Å². The molecule has 3 rings (SSSR count). The number of carboxylic acid groups (broad SMARTS) is 1. The highest BCUT2D eigenvalue weighted by Gasteiger charge is 2.52. The van der Waals surface area contributed by atoms with Gasteiger partial charge in [0.1, 0.15) is 10.6 Å². The van der Waals surface area contributed by atoms with E-state index >= 15 is 0 Å². The lowest BCUT2D eigenvalue weighted by atomic mass is 9.94. The zero-order valence-corrected chi connectivity index (χ0v) is 13.5. The Kier molecular flexibility index (Phi) is 4.09. The van der Waals surface area contributed by atoms with Crippen molar-refractivity contribution in [3.05, 3.63) is 51.7 Å². The summed E-state index contributed by atoms with van der Waals surface area (Å²) in [5.74, 6) is -0.253. The van der Waals surface area contributed by atoms with Gasteiger partial charge in [-0.1, -0.05) is 18.2 Å². The molecule has 0 atom stereocenters. The molecule has 1 amide bonds. The van der Waals surface area contributed by atoms with Crippen LogP contribution < -0.4 is 10.1 Å². The number of ether oxygens (including phenoxy) is 1. The van der Waals surface area contributed by atoms with E-state index in [4.69, 9.17) is 9.84 Å². The molecule has 1 aromatic heterocycles. The van der Waals surface area contributed by atoms with E-state index in [-0.39, 0.29) is 10.8 Å². The summed E-state index contributed by atoms with van der Waals surface area (Å²) in [6.07, 6.45) is 1.59.